The maximum Gasteiger partial charge on any atom is 0.0456 e. The van der Waals surface area contributed by atoms with Crippen molar-refractivity contribution in [2.24, 2.45) is 0 Å². The molecule has 0 radical (unpaired) electrons. The average molecular weight is 375 g/mol. The minimum atomic E-state index is 0.492. The van der Waals surface area contributed by atoms with E-state index in [0.29, 0.717) is 18.0 Å². The average Bonchev–Trinajstić information content (AvgIpc) is 3.41. The Balaban J connectivity index is 1.10. The van der Waals surface area contributed by atoms with Crippen LogP contribution in [0.1, 0.15) is 55.2 Å². The number of likely N-dealkylation sites (tertiary alicyclic amines) is 1. The quantitative estimate of drug-likeness (QED) is 0.684. The van der Waals surface area contributed by atoms with E-state index in [1.54, 1.807) is 0 Å². The number of nitrogens with zero attached hydrogens (tertiary/aromatic N) is 2. The Kier molecular flexibility index (Phi) is 5.15. The summed E-state index contributed by atoms with van der Waals surface area (Å²) in [7, 11) is 0. The van der Waals surface area contributed by atoms with Crippen LogP contribution in [0.25, 0.3) is 10.9 Å². The third kappa shape index (κ3) is 3.71. The molecule has 0 amide bonds. The van der Waals surface area contributed by atoms with E-state index in [9.17, 15) is 0 Å². The summed E-state index contributed by atoms with van der Waals surface area (Å²) in [5.74, 6) is 0.701. The summed E-state index contributed by atoms with van der Waals surface area (Å²) in [6.07, 6.45) is 12.4. The number of hydrogen-bond acceptors (Lipinski definition) is 3. The lowest BCUT2D eigenvalue weighted by Gasteiger charge is -2.32. The SMILES string of the molecule is c1cncc(C2CC[C@@H](CCN3CCC(c4c[nH]c5ccccc45)CC3)N2)c1. The number of aromatic amines is 1. The monoisotopic (exact) mass is 374 g/mol. The highest BCUT2D eigenvalue weighted by atomic mass is 15.1. The molecule has 2 aliphatic heterocycles. The molecule has 2 aromatic heterocycles. The Morgan fingerprint density at radius 2 is 1.89 bits per heavy atom. The number of benzene rings is 1. The van der Waals surface area contributed by atoms with Gasteiger partial charge in [-0.05, 0) is 80.9 Å². The fourth-order valence-electron chi connectivity index (χ4n) is 5.13. The summed E-state index contributed by atoms with van der Waals surface area (Å²) in [6.45, 7) is 3.67. The number of nitrogens with one attached hydrogen (secondary N) is 2. The number of para-hydroxylation sites is 1. The van der Waals surface area contributed by atoms with Crippen LogP contribution in [0.4, 0.5) is 0 Å². The standard InChI is InChI=1S/C24H30N4/c1-2-6-24-21(5-1)22(17-26-24)18-9-13-28(14-10-18)15-11-20-7-8-23(27-20)19-4-3-12-25-16-19/h1-6,12,16-18,20,23,26-27H,7-11,13-15H2/t20-,23?/m0/s1. The van der Waals surface area contributed by atoms with Crippen molar-refractivity contribution in [3.63, 3.8) is 0 Å². The predicted molar refractivity (Wildman–Crippen MR) is 114 cm³/mol. The zero-order valence-electron chi connectivity index (χ0n) is 16.5. The zero-order chi connectivity index (χ0) is 18.8. The normalized spacial score (nSPS) is 24.1. The van der Waals surface area contributed by atoms with Gasteiger partial charge in [-0.3, -0.25) is 4.98 Å². The predicted octanol–water partition coefficient (Wildman–Crippen LogP) is 4.63. The van der Waals surface area contributed by atoms with Gasteiger partial charge >= 0.3 is 0 Å². The van der Waals surface area contributed by atoms with Gasteiger partial charge in [0, 0.05) is 41.6 Å². The number of fused-ring (bicyclic) bond motifs is 1. The highest BCUT2D eigenvalue weighted by Gasteiger charge is 2.27. The smallest absolute Gasteiger partial charge is 0.0456 e. The number of rotatable bonds is 5. The Hall–Kier alpha value is -2.17. The van der Waals surface area contributed by atoms with Crippen molar-refractivity contribution in [2.45, 2.75) is 50.1 Å². The van der Waals surface area contributed by atoms with Gasteiger partial charge in [0.1, 0.15) is 0 Å². The first-order valence-electron chi connectivity index (χ1n) is 10.8. The number of aromatic nitrogens is 2. The Bertz CT molecular complexity index is 895. The second-order valence-electron chi connectivity index (χ2n) is 8.47. The Labute approximate surface area is 167 Å². The summed E-state index contributed by atoms with van der Waals surface area (Å²) in [4.78, 5) is 10.4. The van der Waals surface area contributed by atoms with E-state index in [4.69, 9.17) is 0 Å². The van der Waals surface area contributed by atoms with Crippen LogP contribution in [-0.4, -0.2) is 40.5 Å². The van der Waals surface area contributed by atoms with Crippen LogP contribution < -0.4 is 5.32 Å². The molecule has 1 aromatic carbocycles. The van der Waals surface area contributed by atoms with E-state index in [1.165, 1.54) is 73.8 Å². The third-order valence-electron chi connectivity index (χ3n) is 6.77. The number of piperidine rings is 1. The number of pyridine rings is 1. The van der Waals surface area contributed by atoms with Crippen molar-refractivity contribution in [1.29, 1.82) is 0 Å². The molecular formula is C24H30N4. The van der Waals surface area contributed by atoms with E-state index >= 15 is 0 Å². The first-order chi connectivity index (χ1) is 13.9. The van der Waals surface area contributed by atoms with Crippen molar-refractivity contribution in [3.8, 4) is 0 Å². The molecule has 28 heavy (non-hydrogen) atoms. The number of H-pyrrole nitrogens is 1. The first kappa shape index (κ1) is 17.9. The molecule has 0 spiro atoms. The molecule has 0 saturated carbocycles. The van der Waals surface area contributed by atoms with E-state index < -0.39 is 0 Å². The summed E-state index contributed by atoms with van der Waals surface area (Å²) in [5, 5.41) is 5.24. The van der Waals surface area contributed by atoms with E-state index in [1.807, 2.05) is 18.5 Å². The largest absolute Gasteiger partial charge is 0.361 e. The Morgan fingerprint density at radius 3 is 2.75 bits per heavy atom. The summed E-state index contributed by atoms with van der Waals surface area (Å²) >= 11 is 0. The maximum absolute atomic E-state index is 4.27. The molecule has 2 saturated heterocycles. The maximum atomic E-state index is 4.27. The van der Waals surface area contributed by atoms with Gasteiger partial charge in [-0.15, -0.1) is 0 Å². The van der Waals surface area contributed by atoms with Crippen LogP contribution in [0.2, 0.25) is 0 Å². The molecule has 5 rings (SSSR count). The van der Waals surface area contributed by atoms with Crippen molar-refractivity contribution in [3.05, 3.63) is 66.1 Å². The highest BCUT2D eigenvalue weighted by molar-refractivity contribution is 5.83. The van der Waals surface area contributed by atoms with Crippen molar-refractivity contribution in [1.82, 2.24) is 20.2 Å². The molecule has 146 valence electrons. The highest BCUT2D eigenvalue weighted by Crippen LogP contribution is 2.33. The van der Waals surface area contributed by atoms with Gasteiger partial charge in [0.05, 0.1) is 0 Å². The lowest BCUT2D eigenvalue weighted by Crippen LogP contribution is -2.36. The van der Waals surface area contributed by atoms with Crippen LogP contribution in [0.3, 0.4) is 0 Å². The first-order valence-corrected chi connectivity index (χ1v) is 10.8. The molecule has 1 unspecified atom stereocenters. The van der Waals surface area contributed by atoms with Crippen LogP contribution in [-0.2, 0) is 0 Å². The molecule has 4 heteroatoms. The molecule has 2 aliphatic rings. The lowest BCUT2D eigenvalue weighted by molar-refractivity contribution is 0.204. The van der Waals surface area contributed by atoms with Crippen LogP contribution in [0.15, 0.2) is 55.0 Å². The minimum absolute atomic E-state index is 0.492. The molecule has 2 N–H and O–H groups in total. The minimum Gasteiger partial charge on any atom is -0.361 e. The third-order valence-corrected chi connectivity index (χ3v) is 6.77. The Morgan fingerprint density at radius 1 is 1.00 bits per heavy atom. The fourth-order valence-corrected chi connectivity index (χ4v) is 5.13. The van der Waals surface area contributed by atoms with Gasteiger partial charge in [-0.25, -0.2) is 0 Å². The van der Waals surface area contributed by atoms with Gasteiger partial charge in [0.2, 0.25) is 0 Å². The topological polar surface area (TPSA) is 44.0 Å². The van der Waals surface area contributed by atoms with Crippen LogP contribution in [0.5, 0.6) is 0 Å². The van der Waals surface area contributed by atoms with Gasteiger partial charge in [-0.2, -0.15) is 0 Å². The molecule has 0 aliphatic carbocycles. The van der Waals surface area contributed by atoms with E-state index in [2.05, 4.69) is 56.7 Å². The summed E-state index contributed by atoms with van der Waals surface area (Å²) < 4.78 is 0. The molecule has 0 bridgehead atoms. The van der Waals surface area contributed by atoms with Gasteiger partial charge in [0.25, 0.3) is 0 Å². The second kappa shape index (κ2) is 8.06. The summed E-state index contributed by atoms with van der Waals surface area (Å²) in [5.41, 5.74) is 4.13. The zero-order valence-corrected chi connectivity index (χ0v) is 16.5. The molecular weight excluding hydrogens is 344 g/mol. The van der Waals surface area contributed by atoms with Crippen molar-refractivity contribution < 1.29 is 0 Å². The molecule has 3 aromatic rings. The number of hydrogen-bond donors (Lipinski definition) is 2. The molecule has 4 heterocycles. The van der Waals surface area contributed by atoms with E-state index in [-0.39, 0.29) is 0 Å². The molecule has 2 fully saturated rings. The van der Waals surface area contributed by atoms with Crippen LogP contribution >= 0.6 is 0 Å². The molecule has 4 nitrogen and oxygen atoms in total. The molecule has 2 atom stereocenters. The van der Waals surface area contributed by atoms with Gasteiger partial charge < -0.3 is 15.2 Å². The lowest BCUT2D eigenvalue weighted by atomic mass is 9.89. The van der Waals surface area contributed by atoms with Crippen molar-refractivity contribution in [2.75, 3.05) is 19.6 Å². The van der Waals surface area contributed by atoms with Gasteiger partial charge in [-0.1, -0.05) is 24.3 Å². The van der Waals surface area contributed by atoms with Gasteiger partial charge in [0.15, 0.2) is 0 Å². The van der Waals surface area contributed by atoms with E-state index in [0.717, 1.165) is 0 Å². The summed E-state index contributed by atoms with van der Waals surface area (Å²) in [6, 6.07) is 14.1. The van der Waals surface area contributed by atoms with Crippen molar-refractivity contribution >= 4 is 10.9 Å². The van der Waals surface area contributed by atoms with Crippen LogP contribution in [0, 0.1) is 0 Å². The second-order valence-corrected chi connectivity index (χ2v) is 8.47. The fraction of sp³-hybridized carbons (Fsp3) is 0.458.